The standard InChI is InChI=1S/C28H19I2NS3/c1-3-28(4-2)23-15-18(11-13-32-29)5-8-21(23)22-9-7-20(17-24(22)28)27-31-25-10-6-19(12-14-33-30)16-26(25)34-27/h5-10,15-17H,3-4H2,1-2H3. The maximum atomic E-state index is 4.97. The molecule has 0 saturated carbocycles. The van der Waals surface area contributed by atoms with Crippen molar-refractivity contribution in [3.63, 3.8) is 0 Å². The maximum absolute atomic E-state index is 4.97. The molecule has 4 aromatic rings. The van der Waals surface area contributed by atoms with Crippen molar-refractivity contribution in [3.8, 4) is 44.0 Å². The zero-order valence-corrected chi connectivity index (χ0v) is 25.3. The maximum Gasteiger partial charge on any atom is 0.124 e. The van der Waals surface area contributed by atoms with Gasteiger partial charge in [-0.15, -0.1) is 11.3 Å². The third kappa shape index (κ3) is 4.30. The summed E-state index contributed by atoms with van der Waals surface area (Å²) in [5, 5.41) is 7.27. The van der Waals surface area contributed by atoms with Crippen LogP contribution >= 0.6 is 71.6 Å². The Bertz CT molecular complexity index is 1530. The molecule has 1 aliphatic carbocycles. The summed E-state index contributed by atoms with van der Waals surface area (Å²) in [6, 6.07) is 19.9. The number of benzene rings is 3. The van der Waals surface area contributed by atoms with Crippen molar-refractivity contribution in [2.45, 2.75) is 32.1 Å². The average molecular weight is 719 g/mol. The van der Waals surface area contributed by atoms with Crippen LogP contribution in [0.2, 0.25) is 0 Å². The number of nitrogens with zero attached hydrogens (tertiary/aromatic N) is 1. The van der Waals surface area contributed by atoms with Gasteiger partial charge < -0.3 is 0 Å². The fraction of sp³-hybridized carbons (Fsp3) is 0.179. The van der Waals surface area contributed by atoms with Crippen LogP contribution in [0.25, 0.3) is 31.9 Å². The molecule has 0 bridgehead atoms. The molecule has 168 valence electrons. The predicted octanol–water partition coefficient (Wildman–Crippen LogP) is 9.83. The Kier molecular flexibility index (Phi) is 7.53. The van der Waals surface area contributed by atoms with Crippen molar-refractivity contribution in [1.82, 2.24) is 4.98 Å². The van der Waals surface area contributed by atoms with Crippen molar-refractivity contribution >= 4 is 81.8 Å². The van der Waals surface area contributed by atoms with E-state index in [-0.39, 0.29) is 5.41 Å². The van der Waals surface area contributed by atoms with Crippen molar-refractivity contribution in [2.75, 3.05) is 0 Å². The fourth-order valence-electron chi connectivity index (χ4n) is 5.00. The molecule has 0 aliphatic heterocycles. The first-order valence-electron chi connectivity index (χ1n) is 10.9. The lowest BCUT2D eigenvalue weighted by molar-refractivity contribution is 0.490. The van der Waals surface area contributed by atoms with E-state index in [2.05, 4.69) is 133 Å². The topological polar surface area (TPSA) is 12.9 Å². The molecular formula is C28H19I2NS3. The molecule has 1 heterocycles. The molecule has 3 aromatic carbocycles. The highest BCUT2D eigenvalue weighted by Gasteiger charge is 2.40. The smallest absolute Gasteiger partial charge is 0.124 e. The van der Waals surface area contributed by atoms with Crippen LogP contribution in [0.5, 0.6) is 0 Å². The van der Waals surface area contributed by atoms with Crippen molar-refractivity contribution in [1.29, 1.82) is 0 Å². The van der Waals surface area contributed by atoms with E-state index < -0.39 is 0 Å². The Balaban J connectivity index is 1.62. The Labute approximate surface area is 237 Å². The molecule has 0 radical (unpaired) electrons. The first-order valence-corrected chi connectivity index (χ1v) is 18.4. The third-order valence-electron chi connectivity index (χ3n) is 6.67. The zero-order valence-electron chi connectivity index (χ0n) is 18.5. The van der Waals surface area contributed by atoms with Gasteiger partial charge in [0.1, 0.15) is 5.01 Å². The predicted molar refractivity (Wildman–Crippen MR) is 169 cm³/mol. The first-order chi connectivity index (χ1) is 16.6. The van der Waals surface area contributed by atoms with Gasteiger partial charge in [-0.25, -0.2) is 4.98 Å². The van der Waals surface area contributed by atoms with Crippen LogP contribution in [0.15, 0.2) is 54.6 Å². The minimum atomic E-state index is 0.00633. The van der Waals surface area contributed by atoms with E-state index in [0.29, 0.717) is 0 Å². The number of hydrogen-bond donors (Lipinski definition) is 0. The van der Waals surface area contributed by atoms with Crippen LogP contribution in [0.4, 0.5) is 0 Å². The van der Waals surface area contributed by atoms with E-state index in [4.69, 9.17) is 4.98 Å². The number of halogens is 2. The SMILES string of the molecule is CCC1(CC)c2cc(C#CSI)ccc2-c2ccc(-c3nc4ccc(C#CSI)cc4s3)cc21. The molecule has 0 atom stereocenters. The molecule has 0 saturated heterocycles. The third-order valence-corrected chi connectivity index (χ3v) is 9.42. The van der Waals surface area contributed by atoms with Crippen molar-refractivity contribution in [2.24, 2.45) is 0 Å². The van der Waals surface area contributed by atoms with Gasteiger partial charge in [0.05, 0.1) is 10.2 Å². The quantitative estimate of drug-likeness (QED) is 0.155. The van der Waals surface area contributed by atoms with Gasteiger partial charge in [0.2, 0.25) is 0 Å². The summed E-state index contributed by atoms with van der Waals surface area (Å²) in [4.78, 5) is 4.97. The average Bonchev–Trinajstić information content (AvgIpc) is 3.42. The van der Waals surface area contributed by atoms with Crippen LogP contribution < -0.4 is 0 Å². The summed E-state index contributed by atoms with van der Waals surface area (Å²) < 4.78 is 1.18. The molecule has 6 heteroatoms. The number of hydrogen-bond acceptors (Lipinski definition) is 4. The Hall–Kier alpha value is -1.17. The number of fused-ring (bicyclic) bond motifs is 4. The minimum Gasteiger partial charge on any atom is -0.236 e. The molecule has 0 amide bonds. The summed E-state index contributed by atoms with van der Waals surface area (Å²) >= 11 is 6.17. The summed E-state index contributed by atoms with van der Waals surface area (Å²) in [7, 11) is 3.04. The number of aromatic nitrogens is 1. The lowest BCUT2D eigenvalue weighted by Gasteiger charge is -2.30. The number of thiazole rings is 1. The molecule has 1 nitrogen and oxygen atoms in total. The molecule has 0 spiro atoms. The number of rotatable bonds is 3. The molecule has 0 N–H and O–H groups in total. The summed E-state index contributed by atoms with van der Waals surface area (Å²) in [5.74, 6) is 6.49. The second-order valence-electron chi connectivity index (χ2n) is 8.12. The lowest BCUT2D eigenvalue weighted by atomic mass is 9.73. The van der Waals surface area contributed by atoms with Crippen LogP contribution in [-0.4, -0.2) is 4.98 Å². The second kappa shape index (κ2) is 10.4. The monoisotopic (exact) mass is 719 g/mol. The highest BCUT2D eigenvalue weighted by atomic mass is 127. The highest BCUT2D eigenvalue weighted by molar-refractivity contribution is 14.2. The van der Waals surface area contributed by atoms with E-state index in [1.54, 1.807) is 11.3 Å². The van der Waals surface area contributed by atoms with Gasteiger partial charge in [-0.05, 0) is 99.9 Å². The minimum absolute atomic E-state index is 0.00633. The molecule has 5 rings (SSSR count). The Morgan fingerprint density at radius 3 is 2.12 bits per heavy atom. The van der Waals surface area contributed by atoms with E-state index in [0.717, 1.165) is 34.5 Å². The molecular weight excluding hydrogens is 700 g/mol. The molecule has 0 fully saturated rings. The second-order valence-corrected chi connectivity index (χ2v) is 12.5. The van der Waals surface area contributed by atoms with Gasteiger partial charge in [-0.1, -0.05) is 43.9 Å². The molecule has 34 heavy (non-hydrogen) atoms. The largest absolute Gasteiger partial charge is 0.236 e. The molecule has 0 unspecified atom stereocenters. The van der Waals surface area contributed by atoms with E-state index >= 15 is 0 Å². The lowest BCUT2D eigenvalue weighted by Crippen LogP contribution is -2.23. The molecule has 1 aromatic heterocycles. The zero-order chi connectivity index (χ0) is 23.7. The van der Waals surface area contributed by atoms with E-state index in [1.807, 2.05) is 0 Å². The first kappa shape index (κ1) is 24.5. The van der Waals surface area contributed by atoms with Gasteiger partial charge in [-0.2, -0.15) is 0 Å². The van der Waals surface area contributed by atoms with Gasteiger partial charge in [0.15, 0.2) is 0 Å². The summed E-state index contributed by atoms with van der Waals surface area (Å²) in [6.07, 6.45) is 2.11. The van der Waals surface area contributed by atoms with Crippen LogP contribution in [-0.2, 0) is 5.41 Å². The van der Waals surface area contributed by atoms with E-state index in [9.17, 15) is 0 Å². The van der Waals surface area contributed by atoms with Crippen LogP contribution in [0.1, 0.15) is 48.9 Å². The van der Waals surface area contributed by atoms with Crippen molar-refractivity contribution in [3.05, 3.63) is 76.9 Å². The summed E-state index contributed by atoms with van der Waals surface area (Å²) in [5.41, 5.74) is 9.88. The van der Waals surface area contributed by atoms with Gasteiger partial charge in [0, 0.05) is 64.5 Å². The summed E-state index contributed by atoms with van der Waals surface area (Å²) in [6.45, 7) is 4.62. The fourth-order valence-corrected chi connectivity index (χ4v) is 6.97. The van der Waals surface area contributed by atoms with Gasteiger partial charge in [0.25, 0.3) is 0 Å². The highest BCUT2D eigenvalue weighted by Crippen LogP contribution is 2.53. The van der Waals surface area contributed by atoms with E-state index in [1.165, 1.54) is 50.4 Å². The van der Waals surface area contributed by atoms with Gasteiger partial charge >= 0.3 is 0 Å². The molecule has 1 aliphatic rings. The normalized spacial score (nSPS) is 12.9. The van der Waals surface area contributed by atoms with Crippen molar-refractivity contribution < 1.29 is 0 Å². The Morgan fingerprint density at radius 2 is 1.44 bits per heavy atom. The Morgan fingerprint density at radius 1 is 0.824 bits per heavy atom. The van der Waals surface area contributed by atoms with Gasteiger partial charge in [-0.3, -0.25) is 0 Å². The van der Waals surface area contributed by atoms with Crippen LogP contribution in [0.3, 0.4) is 0 Å². The van der Waals surface area contributed by atoms with Crippen LogP contribution in [0, 0.1) is 22.3 Å².